The van der Waals surface area contributed by atoms with Crippen LogP contribution in [0.25, 0.3) is 0 Å². The van der Waals surface area contributed by atoms with Crippen LogP contribution in [0, 0.1) is 0 Å². The first-order valence-corrected chi connectivity index (χ1v) is 19.6. The van der Waals surface area contributed by atoms with Gasteiger partial charge in [0.1, 0.15) is 30.7 Å². The molecule has 2 aliphatic rings. The minimum absolute atomic E-state index is 0.0202. The number of amides is 5. The summed E-state index contributed by atoms with van der Waals surface area (Å²) in [5.74, 6) is -1.38. The van der Waals surface area contributed by atoms with E-state index >= 15 is 0 Å². The first-order valence-electron chi connectivity index (χ1n) is 18.3. The quantitative estimate of drug-likeness (QED) is 0.0866. The van der Waals surface area contributed by atoms with Crippen LogP contribution in [-0.4, -0.2) is 133 Å². The number of hydrogen-bond donors (Lipinski definition) is 4. The van der Waals surface area contributed by atoms with Gasteiger partial charge in [-0.05, 0) is 69.7 Å². The van der Waals surface area contributed by atoms with E-state index in [-0.39, 0.29) is 56.3 Å². The van der Waals surface area contributed by atoms with E-state index in [9.17, 15) is 28.8 Å². The van der Waals surface area contributed by atoms with Crippen molar-refractivity contribution in [3.05, 3.63) is 53.1 Å². The number of methoxy groups -OCH3 is 1. The number of thioether (sulfide) groups is 1. The third-order valence-corrected chi connectivity index (χ3v) is 11.0. The van der Waals surface area contributed by atoms with Crippen molar-refractivity contribution in [1.29, 1.82) is 0 Å². The van der Waals surface area contributed by atoms with Crippen LogP contribution in [0.2, 0.25) is 0 Å². The van der Waals surface area contributed by atoms with Crippen molar-refractivity contribution in [3.8, 4) is 5.75 Å². The highest BCUT2D eigenvalue weighted by molar-refractivity contribution is 7.99. The Balaban J connectivity index is 1.28. The number of fused-ring (bicyclic) bond motifs is 1. The number of rotatable bonds is 20. The number of primary amides is 1. The highest BCUT2D eigenvalue weighted by Gasteiger charge is 2.37. The van der Waals surface area contributed by atoms with E-state index in [0.717, 1.165) is 25.9 Å². The Morgan fingerprint density at radius 1 is 1.11 bits per heavy atom. The molecule has 0 spiro atoms. The van der Waals surface area contributed by atoms with Crippen LogP contribution in [-0.2, 0) is 30.4 Å². The average molecular weight is 784 g/mol. The number of ether oxygens (including phenoxy) is 3. The van der Waals surface area contributed by atoms with E-state index in [1.807, 2.05) is 13.2 Å². The van der Waals surface area contributed by atoms with Gasteiger partial charge in [-0.2, -0.15) is 11.8 Å². The number of carbonyl (C=O) groups excluding carboxylic acids is 6. The SMILES string of the molecule is COc1cc(C(=O)NC2CCN(CCOCCN(CC(=O)Nc3cccc4c3CN(C(CCC=O)C(N)=O)C4=O)C(=O)OC(C)C(C)SC)CC2)ccc1N. The van der Waals surface area contributed by atoms with Gasteiger partial charge >= 0.3 is 6.09 Å². The minimum Gasteiger partial charge on any atom is -0.495 e. The van der Waals surface area contributed by atoms with Crippen molar-refractivity contribution < 1.29 is 43.0 Å². The van der Waals surface area contributed by atoms with Crippen molar-refractivity contribution in [2.45, 2.75) is 69.5 Å². The van der Waals surface area contributed by atoms with E-state index in [1.54, 1.807) is 55.1 Å². The average Bonchev–Trinajstić information content (AvgIpc) is 3.50. The van der Waals surface area contributed by atoms with Gasteiger partial charge in [-0.25, -0.2) is 4.79 Å². The maximum Gasteiger partial charge on any atom is 0.410 e. The zero-order valence-electron chi connectivity index (χ0n) is 31.9. The van der Waals surface area contributed by atoms with Gasteiger partial charge in [-0.15, -0.1) is 0 Å². The van der Waals surface area contributed by atoms with Crippen molar-refractivity contribution in [2.75, 3.05) is 70.4 Å². The second-order valence-corrected chi connectivity index (χ2v) is 14.8. The Kier molecular flexibility index (Phi) is 16.1. The number of carbonyl (C=O) groups is 6. The molecule has 1 fully saturated rings. The molecule has 2 aliphatic heterocycles. The molecule has 5 amide bonds. The molecule has 300 valence electrons. The molecule has 17 heteroatoms. The lowest BCUT2D eigenvalue weighted by Gasteiger charge is -2.32. The Labute approximate surface area is 325 Å². The summed E-state index contributed by atoms with van der Waals surface area (Å²) in [6, 6.07) is 8.86. The van der Waals surface area contributed by atoms with E-state index in [0.29, 0.717) is 53.3 Å². The number of benzene rings is 2. The molecule has 3 unspecified atom stereocenters. The summed E-state index contributed by atoms with van der Waals surface area (Å²) in [6.07, 6.45) is 3.22. The lowest BCUT2D eigenvalue weighted by atomic mass is 10.0. The van der Waals surface area contributed by atoms with Crippen LogP contribution < -0.4 is 26.8 Å². The normalized spacial score (nSPS) is 16.1. The molecule has 0 aliphatic carbocycles. The van der Waals surface area contributed by atoms with E-state index in [4.69, 9.17) is 25.7 Å². The highest BCUT2D eigenvalue weighted by atomic mass is 32.2. The Morgan fingerprint density at radius 2 is 1.85 bits per heavy atom. The third-order valence-electron chi connectivity index (χ3n) is 9.92. The van der Waals surface area contributed by atoms with Crippen LogP contribution in [0.3, 0.4) is 0 Å². The molecule has 55 heavy (non-hydrogen) atoms. The van der Waals surface area contributed by atoms with Gasteiger partial charge in [0, 0.05) is 72.8 Å². The summed E-state index contributed by atoms with van der Waals surface area (Å²) < 4.78 is 16.8. The van der Waals surface area contributed by atoms with Crippen molar-refractivity contribution in [3.63, 3.8) is 0 Å². The summed E-state index contributed by atoms with van der Waals surface area (Å²) in [4.78, 5) is 80.6. The predicted molar refractivity (Wildman–Crippen MR) is 209 cm³/mol. The van der Waals surface area contributed by atoms with Gasteiger partial charge in [0.2, 0.25) is 11.8 Å². The van der Waals surface area contributed by atoms with Crippen LogP contribution in [0.1, 0.15) is 65.8 Å². The van der Waals surface area contributed by atoms with Crippen molar-refractivity contribution in [2.24, 2.45) is 5.73 Å². The number of likely N-dealkylation sites (tertiary alicyclic amines) is 1. The number of piperidine rings is 1. The van der Waals surface area contributed by atoms with Crippen molar-refractivity contribution in [1.82, 2.24) is 20.0 Å². The van der Waals surface area contributed by atoms with E-state index in [1.165, 1.54) is 16.9 Å². The molecule has 3 atom stereocenters. The molecule has 0 aromatic heterocycles. The van der Waals surface area contributed by atoms with Crippen LogP contribution in [0.15, 0.2) is 36.4 Å². The minimum atomic E-state index is -0.976. The topological polar surface area (TPSA) is 216 Å². The lowest BCUT2D eigenvalue weighted by Crippen LogP contribution is -2.45. The van der Waals surface area contributed by atoms with Crippen LogP contribution in [0.4, 0.5) is 16.2 Å². The summed E-state index contributed by atoms with van der Waals surface area (Å²) in [5, 5.41) is 5.93. The number of nitrogens with one attached hydrogen (secondary N) is 2. The maximum atomic E-state index is 13.4. The number of nitrogens with two attached hydrogens (primary N) is 2. The first-order chi connectivity index (χ1) is 26.4. The molecule has 0 bridgehead atoms. The van der Waals surface area contributed by atoms with E-state index in [2.05, 4.69) is 15.5 Å². The van der Waals surface area contributed by atoms with E-state index < -0.39 is 36.0 Å². The fraction of sp³-hybridized carbons (Fsp3) is 0.526. The first kappa shape index (κ1) is 42.9. The van der Waals surface area contributed by atoms with Gasteiger partial charge in [-0.1, -0.05) is 6.07 Å². The second kappa shape index (κ2) is 20.7. The van der Waals surface area contributed by atoms with Crippen LogP contribution >= 0.6 is 11.8 Å². The fourth-order valence-corrected chi connectivity index (χ4v) is 6.85. The van der Waals surface area contributed by atoms with Gasteiger partial charge in [0.05, 0.1) is 26.0 Å². The molecule has 2 heterocycles. The van der Waals surface area contributed by atoms with Gasteiger partial charge in [0.15, 0.2) is 0 Å². The molecule has 6 N–H and O–H groups in total. The molecule has 2 aromatic carbocycles. The Morgan fingerprint density at radius 3 is 2.53 bits per heavy atom. The largest absolute Gasteiger partial charge is 0.495 e. The fourth-order valence-electron chi connectivity index (χ4n) is 6.41. The van der Waals surface area contributed by atoms with Gasteiger partial charge in [-0.3, -0.25) is 24.1 Å². The number of nitrogens with zero attached hydrogens (tertiary/aromatic N) is 3. The predicted octanol–water partition coefficient (Wildman–Crippen LogP) is 2.49. The number of aldehydes is 1. The standard InChI is InChI=1S/C38H53N7O9S/c1-24(25(2)55-4)54-38(51)44(23-34(47)42-31-8-5-7-28-29(31)22-45(37(28)50)32(35(40)48)9-6-18-46)17-20-53-19-16-43-14-12-27(13-15-43)41-36(49)26-10-11-30(39)33(21-26)52-3/h5,7-8,10-11,18,21,24-25,27,32H,6,9,12-17,19-20,22-23,39H2,1-4H3,(H2,40,48)(H,41,49)(H,42,47). The van der Waals surface area contributed by atoms with Crippen molar-refractivity contribution >= 4 is 59.1 Å². The molecular weight excluding hydrogens is 731 g/mol. The molecular formula is C38H53N7O9S. The molecule has 0 saturated carbocycles. The Bertz CT molecular complexity index is 1690. The third kappa shape index (κ3) is 11.8. The molecule has 4 rings (SSSR count). The maximum absolute atomic E-state index is 13.4. The van der Waals surface area contributed by atoms with Gasteiger partial charge in [0.25, 0.3) is 11.8 Å². The summed E-state index contributed by atoms with van der Waals surface area (Å²) in [6.45, 7) is 6.28. The summed E-state index contributed by atoms with van der Waals surface area (Å²) in [5.41, 5.74) is 13.6. The van der Waals surface area contributed by atoms with Crippen LogP contribution in [0.5, 0.6) is 5.75 Å². The molecule has 2 aromatic rings. The lowest BCUT2D eigenvalue weighted by molar-refractivity contribution is -0.123. The second-order valence-electron chi connectivity index (χ2n) is 13.6. The number of hydrogen-bond acceptors (Lipinski definition) is 12. The molecule has 1 saturated heterocycles. The summed E-state index contributed by atoms with van der Waals surface area (Å²) in [7, 11) is 1.51. The number of anilines is 2. The molecule has 0 radical (unpaired) electrons. The smallest absolute Gasteiger partial charge is 0.410 e. The Hall–Kier alpha value is -4.87. The summed E-state index contributed by atoms with van der Waals surface area (Å²) >= 11 is 1.55. The zero-order chi connectivity index (χ0) is 40.1. The van der Waals surface area contributed by atoms with Gasteiger partial charge < -0.3 is 50.9 Å². The number of nitrogen functional groups attached to an aromatic ring is 1. The zero-order valence-corrected chi connectivity index (χ0v) is 32.7. The molecule has 16 nitrogen and oxygen atoms in total. The highest BCUT2D eigenvalue weighted by Crippen LogP contribution is 2.32. The monoisotopic (exact) mass is 783 g/mol.